The molecule has 0 amide bonds. The minimum atomic E-state index is 0.111. The third kappa shape index (κ3) is 3.37. The molecule has 44 valence electrons. The lowest BCUT2D eigenvalue weighted by atomic mass is 10.1. The van der Waals surface area contributed by atoms with E-state index in [1.165, 1.54) is 0 Å². The van der Waals surface area contributed by atoms with E-state index in [4.69, 9.17) is 0 Å². The highest BCUT2D eigenvalue weighted by molar-refractivity contribution is 7.86. The quantitative estimate of drug-likeness (QED) is 0.414. The van der Waals surface area contributed by atoms with Gasteiger partial charge >= 0.3 is 0 Å². The molecule has 2 atom stereocenters. The molecule has 0 aromatic heterocycles. The average Bonchev–Trinajstić information content (AvgIpc) is 1.31. The van der Waals surface area contributed by atoms with Gasteiger partial charge in [-0.25, -0.2) is 0 Å². The fourth-order valence-electron chi connectivity index (χ4n) is 0. The molecule has 0 aromatic rings. The van der Waals surface area contributed by atoms with Crippen molar-refractivity contribution < 1.29 is 0 Å². The maximum absolute atomic E-state index is 4.31. The molecule has 0 N–H and O–H groups in total. The Kier molecular flexibility index (Phi) is 2.63. The highest BCUT2D eigenvalue weighted by atomic mass is 32.1. The molecule has 0 fully saturated rings. The van der Waals surface area contributed by atoms with E-state index in [9.17, 15) is 0 Å². The molecule has 0 saturated heterocycles. The van der Waals surface area contributed by atoms with Gasteiger partial charge in [-0.15, -0.1) is 9.24 Å². The van der Waals surface area contributed by atoms with E-state index in [0.29, 0.717) is 5.92 Å². The van der Waals surface area contributed by atoms with Crippen LogP contribution in [-0.4, -0.2) is 4.49 Å². The molecule has 0 aromatic carbocycles. The maximum atomic E-state index is 4.31. The Bertz CT molecular complexity index is 53.6. The van der Waals surface area contributed by atoms with Gasteiger partial charge in [-0.3, -0.25) is 0 Å². The van der Waals surface area contributed by atoms with Gasteiger partial charge in [-0.1, -0.05) is 13.8 Å². The predicted octanol–water partition coefficient (Wildman–Crippen LogP) is 2.16. The SMILES string of the molecule is CC(C)C(C)(P)S. The lowest BCUT2D eigenvalue weighted by molar-refractivity contribution is 0.608. The molecule has 0 aliphatic rings. The molecule has 0 spiro atoms. The molecule has 0 bridgehead atoms. The molecule has 7 heavy (non-hydrogen) atoms. The molecular formula is C5H13PS. The number of rotatable bonds is 1. The first-order valence-corrected chi connectivity index (χ1v) is 3.48. The zero-order valence-electron chi connectivity index (χ0n) is 5.10. The average molecular weight is 136 g/mol. The van der Waals surface area contributed by atoms with Gasteiger partial charge in [0.15, 0.2) is 0 Å². The van der Waals surface area contributed by atoms with Gasteiger partial charge in [0.2, 0.25) is 0 Å². The van der Waals surface area contributed by atoms with Crippen LogP contribution < -0.4 is 0 Å². The summed E-state index contributed by atoms with van der Waals surface area (Å²) in [7, 11) is 2.70. The van der Waals surface area contributed by atoms with Gasteiger partial charge in [0.05, 0.1) is 0 Å². The largest absolute Gasteiger partial charge is 0.168 e. The van der Waals surface area contributed by atoms with E-state index in [-0.39, 0.29) is 4.49 Å². The topological polar surface area (TPSA) is 0 Å². The minimum absolute atomic E-state index is 0.111. The van der Waals surface area contributed by atoms with Crippen molar-refractivity contribution in [2.24, 2.45) is 5.92 Å². The van der Waals surface area contributed by atoms with Crippen molar-refractivity contribution in [3.05, 3.63) is 0 Å². The zero-order chi connectivity index (χ0) is 6.08. The van der Waals surface area contributed by atoms with Crippen LogP contribution in [0.25, 0.3) is 0 Å². The minimum Gasteiger partial charge on any atom is -0.168 e. The normalized spacial score (nSPS) is 19.7. The van der Waals surface area contributed by atoms with Gasteiger partial charge in [0.1, 0.15) is 0 Å². The van der Waals surface area contributed by atoms with Crippen LogP contribution in [0.15, 0.2) is 0 Å². The van der Waals surface area contributed by atoms with Crippen LogP contribution in [0.5, 0.6) is 0 Å². The first-order chi connectivity index (χ1) is 2.94. The third-order valence-corrected chi connectivity index (χ3v) is 2.35. The number of thiol groups is 1. The molecule has 2 heteroatoms. The Morgan fingerprint density at radius 1 is 1.57 bits per heavy atom. The van der Waals surface area contributed by atoms with Gasteiger partial charge in [0.25, 0.3) is 0 Å². The van der Waals surface area contributed by atoms with Gasteiger partial charge in [-0.2, -0.15) is 12.6 Å². The van der Waals surface area contributed by atoms with Crippen LogP contribution in [0.2, 0.25) is 0 Å². The first kappa shape index (κ1) is 7.78. The third-order valence-electron chi connectivity index (χ3n) is 1.17. The summed E-state index contributed by atoms with van der Waals surface area (Å²) in [5, 5.41) is 0. The van der Waals surface area contributed by atoms with Crippen molar-refractivity contribution in [1.82, 2.24) is 0 Å². The number of hydrogen-bond donors (Lipinski definition) is 1. The van der Waals surface area contributed by atoms with Crippen LogP contribution in [0.3, 0.4) is 0 Å². The van der Waals surface area contributed by atoms with Crippen molar-refractivity contribution in [2.75, 3.05) is 0 Å². The van der Waals surface area contributed by atoms with Crippen LogP contribution in [0.4, 0.5) is 0 Å². The first-order valence-electron chi connectivity index (χ1n) is 2.46. The lowest BCUT2D eigenvalue weighted by Gasteiger charge is -2.21. The summed E-state index contributed by atoms with van der Waals surface area (Å²) in [6.45, 7) is 6.39. The van der Waals surface area contributed by atoms with Gasteiger partial charge < -0.3 is 0 Å². The summed E-state index contributed by atoms with van der Waals surface area (Å²) in [5.41, 5.74) is 0. The zero-order valence-corrected chi connectivity index (χ0v) is 7.15. The lowest BCUT2D eigenvalue weighted by Crippen LogP contribution is -2.13. The van der Waals surface area contributed by atoms with E-state index in [0.717, 1.165) is 0 Å². The van der Waals surface area contributed by atoms with E-state index >= 15 is 0 Å². The van der Waals surface area contributed by atoms with Crippen LogP contribution in [0.1, 0.15) is 20.8 Å². The fraction of sp³-hybridized carbons (Fsp3) is 1.00. The highest BCUT2D eigenvalue weighted by Crippen LogP contribution is 2.30. The number of hydrogen-bond acceptors (Lipinski definition) is 1. The van der Waals surface area contributed by atoms with Crippen LogP contribution in [-0.2, 0) is 0 Å². The van der Waals surface area contributed by atoms with E-state index < -0.39 is 0 Å². The molecule has 0 aliphatic heterocycles. The summed E-state index contributed by atoms with van der Waals surface area (Å²) >= 11 is 4.31. The molecule has 0 aliphatic carbocycles. The molecule has 0 radical (unpaired) electrons. The second-order valence-corrected chi connectivity index (χ2v) is 5.03. The van der Waals surface area contributed by atoms with Crippen molar-refractivity contribution in [2.45, 2.75) is 25.3 Å². The summed E-state index contributed by atoms with van der Waals surface area (Å²) in [5.74, 6) is 0.626. The molecular weight excluding hydrogens is 123 g/mol. The summed E-state index contributed by atoms with van der Waals surface area (Å²) in [6.07, 6.45) is 0. The Hall–Kier alpha value is 0.780. The molecule has 2 unspecified atom stereocenters. The highest BCUT2D eigenvalue weighted by Gasteiger charge is 2.15. The summed E-state index contributed by atoms with van der Waals surface area (Å²) in [4.78, 5) is 0. The summed E-state index contributed by atoms with van der Waals surface area (Å²) < 4.78 is 0.111. The summed E-state index contributed by atoms with van der Waals surface area (Å²) in [6, 6.07) is 0. The van der Waals surface area contributed by atoms with Crippen molar-refractivity contribution >= 4 is 21.9 Å². The predicted molar refractivity (Wildman–Crippen MR) is 41.9 cm³/mol. The molecule has 0 rings (SSSR count). The van der Waals surface area contributed by atoms with Crippen molar-refractivity contribution in [3.63, 3.8) is 0 Å². The smallest absolute Gasteiger partial charge is 0.0265 e. The van der Waals surface area contributed by atoms with E-state index in [2.05, 4.69) is 42.6 Å². The van der Waals surface area contributed by atoms with Crippen LogP contribution in [0, 0.1) is 5.92 Å². The van der Waals surface area contributed by atoms with E-state index in [1.54, 1.807) is 0 Å². The second-order valence-electron chi connectivity index (χ2n) is 2.38. The fourth-order valence-corrected chi connectivity index (χ4v) is 0. The van der Waals surface area contributed by atoms with E-state index in [1.807, 2.05) is 0 Å². The maximum Gasteiger partial charge on any atom is 0.0265 e. The standard InChI is InChI=1S/C5H13PS/c1-4(2)5(3,6)7/h4,7H,6H2,1-3H3. The van der Waals surface area contributed by atoms with Gasteiger partial charge in [0, 0.05) is 4.49 Å². The van der Waals surface area contributed by atoms with Crippen LogP contribution >= 0.6 is 21.9 Å². The van der Waals surface area contributed by atoms with Gasteiger partial charge in [-0.05, 0) is 12.8 Å². The van der Waals surface area contributed by atoms with Crippen molar-refractivity contribution in [1.29, 1.82) is 0 Å². The molecule has 0 saturated carbocycles. The molecule has 0 heterocycles. The second kappa shape index (κ2) is 2.37. The Labute approximate surface area is 53.7 Å². The monoisotopic (exact) mass is 136 g/mol. The Balaban J connectivity index is 3.54. The van der Waals surface area contributed by atoms with Crippen molar-refractivity contribution in [3.8, 4) is 0 Å². The Morgan fingerprint density at radius 2 is 1.71 bits per heavy atom. The molecule has 0 nitrogen and oxygen atoms in total. The Morgan fingerprint density at radius 3 is 1.71 bits per heavy atom.